The van der Waals surface area contributed by atoms with Crippen molar-refractivity contribution in [3.8, 4) is 11.1 Å². The Bertz CT molecular complexity index is 555. The van der Waals surface area contributed by atoms with Crippen LogP contribution < -0.4 is 5.32 Å². The molecule has 0 fully saturated rings. The van der Waals surface area contributed by atoms with Gasteiger partial charge in [-0.2, -0.15) is 0 Å². The summed E-state index contributed by atoms with van der Waals surface area (Å²) < 4.78 is 0. The van der Waals surface area contributed by atoms with Gasteiger partial charge in [0.25, 0.3) is 0 Å². The van der Waals surface area contributed by atoms with Crippen molar-refractivity contribution in [3.05, 3.63) is 53.6 Å². The van der Waals surface area contributed by atoms with Crippen LogP contribution in [0.2, 0.25) is 5.02 Å². The van der Waals surface area contributed by atoms with Crippen molar-refractivity contribution >= 4 is 34.2 Å². The maximum atomic E-state index is 7.71. The van der Waals surface area contributed by atoms with Crippen molar-refractivity contribution in [3.63, 3.8) is 0 Å². The third-order valence-corrected chi connectivity index (χ3v) is 3.35. The largest absolute Gasteiger partial charge is 0.335 e. The quantitative estimate of drug-likeness (QED) is 0.615. The Morgan fingerprint density at radius 2 is 1.83 bits per heavy atom. The zero-order valence-electron chi connectivity index (χ0n) is 9.91. The maximum Gasteiger partial charge on any atom is 0.157 e. The Hall–Kier alpha value is -1.45. The number of halogens is 1. The number of hydrogen-bond acceptors (Lipinski definition) is 2. The molecule has 0 saturated heterocycles. The van der Waals surface area contributed by atoms with E-state index in [4.69, 9.17) is 17.0 Å². The van der Waals surface area contributed by atoms with Gasteiger partial charge in [0.15, 0.2) is 5.17 Å². The lowest BCUT2D eigenvalue weighted by molar-refractivity contribution is 1.51. The van der Waals surface area contributed by atoms with E-state index in [1.807, 2.05) is 54.8 Å². The fourth-order valence-corrected chi connectivity index (χ4v) is 2.20. The summed E-state index contributed by atoms with van der Waals surface area (Å²) in [5, 5.41) is 11.9. The van der Waals surface area contributed by atoms with Crippen LogP contribution in [0.4, 0.5) is 5.69 Å². The number of benzene rings is 2. The van der Waals surface area contributed by atoms with Crippen LogP contribution in [-0.2, 0) is 0 Å². The van der Waals surface area contributed by atoms with Gasteiger partial charge in [0.05, 0.1) is 5.02 Å². The van der Waals surface area contributed by atoms with Gasteiger partial charge in [-0.05, 0) is 24.0 Å². The Kier molecular flexibility index (Phi) is 4.28. The van der Waals surface area contributed by atoms with Gasteiger partial charge < -0.3 is 5.32 Å². The highest BCUT2D eigenvalue weighted by molar-refractivity contribution is 8.13. The van der Waals surface area contributed by atoms with Gasteiger partial charge in [-0.3, -0.25) is 5.41 Å². The van der Waals surface area contributed by atoms with Crippen LogP contribution in [0.25, 0.3) is 11.1 Å². The molecule has 0 aliphatic heterocycles. The number of rotatable bonds is 2. The van der Waals surface area contributed by atoms with E-state index < -0.39 is 0 Å². The molecule has 4 heteroatoms. The Morgan fingerprint density at radius 3 is 2.50 bits per heavy atom. The van der Waals surface area contributed by atoms with E-state index in [2.05, 4.69) is 5.32 Å². The molecule has 0 amide bonds. The molecule has 18 heavy (non-hydrogen) atoms. The van der Waals surface area contributed by atoms with E-state index in [-0.39, 0.29) is 0 Å². The third-order valence-electron chi connectivity index (χ3n) is 2.53. The smallest absolute Gasteiger partial charge is 0.157 e. The summed E-state index contributed by atoms with van der Waals surface area (Å²) in [5.74, 6) is 0. The molecule has 0 heterocycles. The highest BCUT2D eigenvalue weighted by Gasteiger charge is 2.09. The molecule has 0 aliphatic carbocycles. The molecule has 92 valence electrons. The fraction of sp³-hybridized carbons (Fsp3) is 0.0714. The average Bonchev–Trinajstić information content (AvgIpc) is 2.40. The van der Waals surface area contributed by atoms with Crippen LogP contribution in [0, 0.1) is 5.41 Å². The fourth-order valence-electron chi connectivity index (χ4n) is 1.70. The molecule has 2 aromatic rings. The molecule has 0 unspecified atom stereocenters. The lowest BCUT2D eigenvalue weighted by Crippen LogP contribution is -2.06. The standard InChI is InChI=1S/C14H13ClN2S/c1-18-14(16)17-12-9-5-8-11(15)13(12)10-6-3-2-4-7-10/h2-9H,1H3,(H2,16,17). The molecule has 2 N–H and O–H groups in total. The molecular weight excluding hydrogens is 264 g/mol. The van der Waals surface area contributed by atoms with E-state index in [0.29, 0.717) is 10.2 Å². The zero-order chi connectivity index (χ0) is 13.0. The first kappa shape index (κ1) is 13.0. The van der Waals surface area contributed by atoms with Crippen molar-refractivity contribution in [1.82, 2.24) is 0 Å². The SMILES string of the molecule is CSC(=N)Nc1cccc(Cl)c1-c1ccccc1. The lowest BCUT2D eigenvalue weighted by Gasteiger charge is -2.13. The van der Waals surface area contributed by atoms with Gasteiger partial charge in [-0.1, -0.05) is 59.8 Å². The summed E-state index contributed by atoms with van der Waals surface area (Å²) in [6, 6.07) is 15.6. The summed E-state index contributed by atoms with van der Waals surface area (Å²) in [7, 11) is 0. The lowest BCUT2D eigenvalue weighted by atomic mass is 10.0. The number of nitrogens with one attached hydrogen (secondary N) is 2. The predicted octanol–water partition coefficient (Wildman–Crippen LogP) is 4.72. The molecule has 0 radical (unpaired) electrons. The van der Waals surface area contributed by atoms with E-state index in [9.17, 15) is 0 Å². The van der Waals surface area contributed by atoms with Crippen LogP contribution in [-0.4, -0.2) is 11.4 Å². The number of hydrogen-bond donors (Lipinski definition) is 2. The molecule has 2 rings (SSSR count). The second kappa shape index (κ2) is 5.94. The van der Waals surface area contributed by atoms with E-state index in [1.165, 1.54) is 11.8 Å². The van der Waals surface area contributed by atoms with E-state index in [1.54, 1.807) is 0 Å². The summed E-state index contributed by atoms with van der Waals surface area (Å²) >= 11 is 7.63. The van der Waals surface area contributed by atoms with Crippen LogP contribution in [0.3, 0.4) is 0 Å². The van der Waals surface area contributed by atoms with Crippen molar-refractivity contribution in [2.24, 2.45) is 0 Å². The maximum absolute atomic E-state index is 7.71. The van der Waals surface area contributed by atoms with Crippen molar-refractivity contribution in [2.45, 2.75) is 0 Å². The summed E-state index contributed by atoms with van der Waals surface area (Å²) in [6.07, 6.45) is 1.86. The number of anilines is 1. The Morgan fingerprint density at radius 1 is 1.11 bits per heavy atom. The highest BCUT2D eigenvalue weighted by atomic mass is 35.5. The van der Waals surface area contributed by atoms with Crippen molar-refractivity contribution < 1.29 is 0 Å². The first-order valence-electron chi connectivity index (χ1n) is 5.46. The molecule has 0 saturated carbocycles. The van der Waals surface area contributed by atoms with Gasteiger partial charge >= 0.3 is 0 Å². The van der Waals surface area contributed by atoms with Gasteiger partial charge in [-0.25, -0.2) is 0 Å². The van der Waals surface area contributed by atoms with Crippen LogP contribution in [0.15, 0.2) is 48.5 Å². The minimum absolute atomic E-state index is 0.398. The number of thioether (sulfide) groups is 1. The molecule has 0 bridgehead atoms. The van der Waals surface area contributed by atoms with Crippen LogP contribution >= 0.6 is 23.4 Å². The first-order chi connectivity index (χ1) is 8.72. The predicted molar refractivity (Wildman–Crippen MR) is 81.8 cm³/mol. The van der Waals surface area contributed by atoms with Crippen molar-refractivity contribution in [1.29, 1.82) is 5.41 Å². The second-order valence-electron chi connectivity index (χ2n) is 3.69. The summed E-state index contributed by atoms with van der Waals surface area (Å²) in [4.78, 5) is 0. The Labute approximate surface area is 116 Å². The first-order valence-corrected chi connectivity index (χ1v) is 7.06. The molecule has 2 nitrogen and oxygen atoms in total. The van der Waals surface area contributed by atoms with Gasteiger partial charge in [0.2, 0.25) is 0 Å². The number of amidine groups is 1. The highest BCUT2D eigenvalue weighted by Crippen LogP contribution is 2.34. The average molecular weight is 277 g/mol. The normalized spacial score (nSPS) is 10.1. The summed E-state index contributed by atoms with van der Waals surface area (Å²) in [6.45, 7) is 0. The monoisotopic (exact) mass is 276 g/mol. The second-order valence-corrected chi connectivity index (χ2v) is 4.91. The molecule has 2 aromatic carbocycles. The summed E-state index contributed by atoms with van der Waals surface area (Å²) in [5.41, 5.74) is 2.83. The minimum atomic E-state index is 0.398. The van der Waals surface area contributed by atoms with E-state index >= 15 is 0 Å². The minimum Gasteiger partial charge on any atom is -0.335 e. The van der Waals surface area contributed by atoms with Crippen LogP contribution in [0.5, 0.6) is 0 Å². The molecule has 0 spiro atoms. The van der Waals surface area contributed by atoms with Crippen LogP contribution in [0.1, 0.15) is 0 Å². The molecule has 0 atom stereocenters. The molecule has 0 aliphatic rings. The van der Waals surface area contributed by atoms with E-state index in [0.717, 1.165) is 16.8 Å². The Balaban J connectivity index is 2.48. The van der Waals surface area contributed by atoms with Gasteiger partial charge in [0.1, 0.15) is 0 Å². The molecule has 0 aromatic heterocycles. The third kappa shape index (κ3) is 2.86. The zero-order valence-corrected chi connectivity index (χ0v) is 11.5. The topological polar surface area (TPSA) is 35.9 Å². The molecular formula is C14H13ClN2S. The van der Waals surface area contributed by atoms with Gasteiger partial charge in [-0.15, -0.1) is 0 Å². The van der Waals surface area contributed by atoms with Crippen molar-refractivity contribution in [2.75, 3.05) is 11.6 Å². The van der Waals surface area contributed by atoms with Gasteiger partial charge in [0, 0.05) is 11.3 Å².